The Morgan fingerprint density at radius 2 is 1.96 bits per heavy atom. The van der Waals surface area contributed by atoms with Gasteiger partial charge in [-0.3, -0.25) is 14.4 Å². The maximum absolute atomic E-state index is 12.7. The Bertz CT molecular complexity index is 841. The molecule has 0 aliphatic carbocycles. The van der Waals surface area contributed by atoms with Crippen molar-refractivity contribution < 1.29 is 19.1 Å². The lowest BCUT2D eigenvalue weighted by Gasteiger charge is -2.31. The number of carbonyl (C=O) groups excluding carboxylic acids is 3. The Kier molecular flexibility index (Phi) is 6.37. The van der Waals surface area contributed by atoms with Crippen molar-refractivity contribution in [2.24, 2.45) is 5.92 Å². The van der Waals surface area contributed by atoms with E-state index in [0.717, 1.165) is 37.7 Å². The highest BCUT2D eigenvalue weighted by atomic mass is 32.2. The van der Waals surface area contributed by atoms with Gasteiger partial charge >= 0.3 is 5.97 Å². The quantitative estimate of drug-likeness (QED) is 0.598. The third kappa shape index (κ3) is 4.04. The van der Waals surface area contributed by atoms with Crippen molar-refractivity contribution in [1.29, 1.82) is 5.26 Å². The monoisotopic (exact) mass is 399 g/mol. The van der Waals surface area contributed by atoms with E-state index >= 15 is 0 Å². The topological polar surface area (TPSA) is 99.5 Å². The summed E-state index contributed by atoms with van der Waals surface area (Å²) in [5.41, 5.74) is 0.939. The summed E-state index contributed by atoms with van der Waals surface area (Å²) >= 11 is 1.13. The molecule has 0 saturated carbocycles. The number of benzene rings is 1. The molecule has 28 heavy (non-hydrogen) atoms. The van der Waals surface area contributed by atoms with Crippen LogP contribution in [-0.4, -0.2) is 48.6 Å². The first-order valence-corrected chi connectivity index (χ1v) is 10.0. The van der Waals surface area contributed by atoms with Gasteiger partial charge in [0.15, 0.2) is 0 Å². The van der Waals surface area contributed by atoms with Crippen LogP contribution in [0.2, 0.25) is 0 Å². The number of hydrogen-bond donors (Lipinski definition) is 1. The van der Waals surface area contributed by atoms with E-state index in [-0.39, 0.29) is 17.2 Å². The molecule has 1 N–H and O–H groups in total. The number of methoxy groups -OCH3 is 1. The second-order valence-corrected chi connectivity index (χ2v) is 7.60. The molecule has 1 fully saturated rings. The number of thioether (sulfide) groups is 1. The molecule has 0 aromatic heterocycles. The lowest BCUT2D eigenvalue weighted by molar-refractivity contribution is -0.150. The van der Waals surface area contributed by atoms with Gasteiger partial charge in [-0.05, 0) is 18.4 Å². The largest absolute Gasteiger partial charge is 0.468 e. The molecular weight excluding hydrogens is 378 g/mol. The van der Waals surface area contributed by atoms with Crippen LogP contribution in [0.4, 0.5) is 0 Å². The predicted octanol–water partition coefficient (Wildman–Crippen LogP) is 1.78. The third-order valence-corrected chi connectivity index (χ3v) is 5.94. The molecule has 0 spiro atoms. The summed E-state index contributed by atoms with van der Waals surface area (Å²) in [6.07, 6.45) is 1.99. The van der Waals surface area contributed by atoms with Crippen LogP contribution in [0.5, 0.6) is 0 Å². The summed E-state index contributed by atoms with van der Waals surface area (Å²) < 4.78 is 4.81. The molecule has 3 rings (SSSR count). The normalized spacial score (nSPS) is 21.9. The minimum absolute atomic E-state index is 0.0205. The summed E-state index contributed by atoms with van der Waals surface area (Å²) in [7, 11) is 1.21. The van der Waals surface area contributed by atoms with E-state index in [1.165, 1.54) is 7.11 Å². The van der Waals surface area contributed by atoms with E-state index in [1.54, 1.807) is 29.2 Å². The fourth-order valence-electron chi connectivity index (χ4n) is 3.53. The van der Waals surface area contributed by atoms with Crippen molar-refractivity contribution >= 4 is 29.5 Å². The Balaban J connectivity index is 1.92. The standard InChI is InChI=1S/C20H21N3O4S/c1-27-20(26)17-16(13-7-3-2-4-8-13)14(11-21)19(22-18(17)25)28-12-15(24)23-9-5-6-10-23/h2-4,7-8,16-17H,5-6,9-10,12H2,1H3,(H,22,25)/t16-,17-/m1/s1. The van der Waals surface area contributed by atoms with Crippen molar-refractivity contribution in [2.45, 2.75) is 18.8 Å². The summed E-state index contributed by atoms with van der Waals surface area (Å²) in [6, 6.07) is 11.1. The van der Waals surface area contributed by atoms with Crippen LogP contribution in [0.3, 0.4) is 0 Å². The number of hydrogen-bond acceptors (Lipinski definition) is 6. The number of ether oxygens (including phenoxy) is 1. The number of rotatable bonds is 5. The van der Waals surface area contributed by atoms with Crippen LogP contribution in [0, 0.1) is 17.2 Å². The van der Waals surface area contributed by atoms with E-state index in [9.17, 15) is 19.6 Å². The van der Waals surface area contributed by atoms with Crippen LogP contribution in [0.15, 0.2) is 40.9 Å². The van der Waals surface area contributed by atoms with E-state index in [0.29, 0.717) is 10.6 Å². The van der Waals surface area contributed by atoms with Gasteiger partial charge in [-0.2, -0.15) is 5.26 Å². The fourth-order valence-corrected chi connectivity index (χ4v) is 4.48. The summed E-state index contributed by atoms with van der Waals surface area (Å²) in [5, 5.41) is 12.8. The van der Waals surface area contributed by atoms with E-state index < -0.39 is 23.7 Å². The molecule has 2 atom stereocenters. The lowest BCUT2D eigenvalue weighted by Crippen LogP contribution is -2.44. The van der Waals surface area contributed by atoms with Crippen LogP contribution in [0.25, 0.3) is 0 Å². The van der Waals surface area contributed by atoms with Crippen molar-refractivity contribution in [2.75, 3.05) is 26.0 Å². The first kappa shape index (κ1) is 20.0. The van der Waals surface area contributed by atoms with Gasteiger partial charge < -0.3 is 15.0 Å². The van der Waals surface area contributed by atoms with Crippen molar-refractivity contribution in [1.82, 2.24) is 10.2 Å². The molecule has 1 saturated heterocycles. The van der Waals surface area contributed by atoms with Crippen molar-refractivity contribution in [3.05, 3.63) is 46.5 Å². The van der Waals surface area contributed by atoms with Crippen molar-refractivity contribution in [3.8, 4) is 6.07 Å². The van der Waals surface area contributed by atoms with Gasteiger partial charge in [-0.1, -0.05) is 42.1 Å². The molecule has 2 amide bonds. The number of allylic oxidation sites excluding steroid dienone is 1. The highest BCUT2D eigenvalue weighted by Crippen LogP contribution is 2.40. The number of carbonyl (C=O) groups is 3. The first-order valence-electron chi connectivity index (χ1n) is 9.05. The first-order chi connectivity index (χ1) is 13.6. The average molecular weight is 399 g/mol. The number of esters is 1. The second kappa shape index (κ2) is 8.93. The SMILES string of the molecule is COC(=O)[C@H]1C(=O)NC(SCC(=O)N2CCCC2)=C(C#N)[C@H]1c1ccccc1. The fraction of sp³-hybridized carbons (Fsp3) is 0.400. The molecular formula is C20H21N3O4S. The molecule has 2 aliphatic rings. The molecule has 0 unspecified atom stereocenters. The molecule has 0 bridgehead atoms. The van der Waals surface area contributed by atoms with Crippen LogP contribution in [-0.2, 0) is 19.1 Å². The second-order valence-electron chi connectivity index (χ2n) is 6.61. The number of amides is 2. The minimum atomic E-state index is -1.15. The van der Waals surface area contributed by atoms with Gasteiger partial charge in [-0.15, -0.1) is 0 Å². The van der Waals surface area contributed by atoms with E-state index in [2.05, 4.69) is 11.4 Å². The van der Waals surface area contributed by atoms with Gasteiger partial charge in [0.1, 0.15) is 5.92 Å². The zero-order valence-corrected chi connectivity index (χ0v) is 16.3. The molecule has 7 nitrogen and oxygen atoms in total. The van der Waals surface area contributed by atoms with Gasteiger partial charge in [0.25, 0.3) is 0 Å². The Hall–Kier alpha value is -2.79. The highest BCUT2D eigenvalue weighted by molar-refractivity contribution is 8.03. The van der Waals surface area contributed by atoms with Gasteiger partial charge in [0, 0.05) is 19.0 Å². The van der Waals surface area contributed by atoms with Crippen LogP contribution < -0.4 is 5.32 Å². The van der Waals surface area contributed by atoms with E-state index in [4.69, 9.17) is 4.74 Å². The zero-order chi connectivity index (χ0) is 20.1. The minimum Gasteiger partial charge on any atom is -0.468 e. The highest BCUT2D eigenvalue weighted by Gasteiger charge is 2.44. The molecule has 2 aliphatic heterocycles. The number of nitriles is 1. The Morgan fingerprint density at radius 1 is 1.29 bits per heavy atom. The van der Waals surface area contributed by atoms with Gasteiger partial charge in [-0.25, -0.2) is 0 Å². The number of likely N-dealkylation sites (tertiary alicyclic amines) is 1. The molecule has 0 radical (unpaired) electrons. The zero-order valence-electron chi connectivity index (χ0n) is 15.5. The number of nitrogens with zero attached hydrogens (tertiary/aromatic N) is 2. The number of nitrogens with one attached hydrogen (secondary N) is 1. The summed E-state index contributed by atoms with van der Waals surface area (Å²) in [6.45, 7) is 1.49. The average Bonchev–Trinajstić information content (AvgIpc) is 3.26. The molecule has 1 aromatic rings. The van der Waals surface area contributed by atoms with Crippen LogP contribution in [0.1, 0.15) is 24.3 Å². The lowest BCUT2D eigenvalue weighted by atomic mass is 9.78. The maximum Gasteiger partial charge on any atom is 0.319 e. The Labute approximate surface area is 167 Å². The smallest absolute Gasteiger partial charge is 0.319 e. The summed E-state index contributed by atoms with van der Waals surface area (Å²) in [5.74, 6) is -3.02. The maximum atomic E-state index is 12.7. The molecule has 2 heterocycles. The third-order valence-electron chi connectivity index (χ3n) is 4.94. The Morgan fingerprint density at radius 3 is 2.57 bits per heavy atom. The van der Waals surface area contributed by atoms with Crippen molar-refractivity contribution in [3.63, 3.8) is 0 Å². The van der Waals surface area contributed by atoms with Crippen LogP contribution >= 0.6 is 11.8 Å². The van der Waals surface area contributed by atoms with Gasteiger partial charge in [0.2, 0.25) is 11.8 Å². The van der Waals surface area contributed by atoms with E-state index in [1.807, 2.05) is 6.07 Å². The van der Waals surface area contributed by atoms with Gasteiger partial charge in [0.05, 0.1) is 29.5 Å². The summed E-state index contributed by atoms with van der Waals surface area (Å²) in [4.78, 5) is 39.1. The molecule has 146 valence electrons. The molecule has 1 aromatic carbocycles. The predicted molar refractivity (Wildman–Crippen MR) is 104 cm³/mol. The molecule has 8 heteroatoms.